The second kappa shape index (κ2) is 6.51. The van der Waals surface area contributed by atoms with Gasteiger partial charge in [-0.15, -0.1) is 0 Å². The number of para-hydroxylation sites is 2. The van der Waals surface area contributed by atoms with Crippen molar-refractivity contribution in [2.45, 2.75) is 4.90 Å². The molecule has 2 aromatic rings. The molecule has 1 aliphatic rings. The summed E-state index contributed by atoms with van der Waals surface area (Å²) in [5.74, 6) is 0.217. The molecule has 0 saturated carbocycles. The standard InChI is InChI=1S/C16H17BrN2O3S/c17-13-5-1-4-8-16(13)23(21,22)19-11-9-18(10-12-19)14-6-2-3-7-15(14)20/h1-8,20H,9-12H2. The minimum absolute atomic E-state index is 0.217. The predicted octanol–water partition coefficient (Wildman–Crippen LogP) is 2.67. The molecular weight excluding hydrogens is 380 g/mol. The quantitative estimate of drug-likeness (QED) is 0.865. The van der Waals surface area contributed by atoms with Crippen molar-refractivity contribution in [3.05, 3.63) is 53.0 Å². The Hall–Kier alpha value is -1.57. The van der Waals surface area contributed by atoms with Crippen LogP contribution in [-0.2, 0) is 10.0 Å². The van der Waals surface area contributed by atoms with Crippen molar-refractivity contribution in [1.82, 2.24) is 4.31 Å². The van der Waals surface area contributed by atoms with Gasteiger partial charge in [-0.2, -0.15) is 4.31 Å². The number of piperazine rings is 1. The van der Waals surface area contributed by atoms with Gasteiger partial charge < -0.3 is 10.0 Å². The number of anilines is 1. The summed E-state index contributed by atoms with van der Waals surface area (Å²) in [6.45, 7) is 1.86. The van der Waals surface area contributed by atoms with E-state index in [0.29, 0.717) is 30.7 Å². The second-order valence-corrected chi connectivity index (χ2v) is 8.07. The average Bonchev–Trinajstić information content (AvgIpc) is 2.56. The first-order chi connectivity index (χ1) is 11.0. The monoisotopic (exact) mass is 396 g/mol. The summed E-state index contributed by atoms with van der Waals surface area (Å²) >= 11 is 3.31. The third-order valence-corrected chi connectivity index (χ3v) is 6.83. The van der Waals surface area contributed by atoms with Crippen LogP contribution in [0.4, 0.5) is 5.69 Å². The molecule has 3 rings (SSSR count). The van der Waals surface area contributed by atoms with Crippen molar-refractivity contribution in [2.75, 3.05) is 31.1 Å². The smallest absolute Gasteiger partial charge is 0.244 e. The number of halogens is 1. The lowest BCUT2D eigenvalue weighted by molar-refractivity contribution is 0.382. The summed E-state index contributed by atoms with van der Waals surface area (Å²) < 4.78 is 27.6. The number of hydrogen-bond acceptors (Lipinski definition) is 4. The Labute approximate surface area is 144 Å². The molecule has 0 aliphatic carbocycles. The van der Waals surface area contributed by atoms with Crippen molar-refractivity contribution in [1.29, 1.82) is 0 Å². The molecule has 2 aromatic carbocycles. The van der Waals surface area contributed by atoms with Gasteiger partial charge in [0.05, 0.1) is 10.6 Å². The normalized spacial score (nSPS) is 16.5. The molecular formula is C16H17BrN2O3S. The van der Waals surface area contributed by atoms with Crippen LogP contribution >= 0.6 is 15.9 Å². The summed E-state index contributed by atoms with van der Waals surface area (Å²) in [6.07, 6.45) is 0. The maximum atomic E-state index is 12.7. The highest BCUT2D eigenvalue weighted by molar-refractivity contribution is 9.10. The van der Waals surface area contributed by atoms with E-state index in [0.717, 1.165) is 5.69 Å². The van der Waals surface area contributed by atoms with Gasteiger partial charge in [0.2, 0.25) is 10.0 Å². The Bertz CT molecular complexity index is 802. The van der Waals surface area contributed by atoms with Gasteiger partial charge in [0.1, 0.15) is 5.75 Å². The van der Waals surface area contributed by atoms with E-state index in [1.165, 1.54) is 4.31 Å². The Morgan fingerprint density at radius 3 is 2.17 bits per heavy atom. The predicted molar refractivity (Wildman–Crippen MR) is 93.2 cm³/mol. The molecule has 7 heteroatoms. The summed E-state index contributed by atoms with van der Waals surface area (Å²) in [4.78, 5) is 2.29. The van der Waals surface area contributed by atoms with E-state index in [9.17, 15) is 13.5 Å². The molecule has 0 radical (unpaired) electrons. The Morgan fingerprint density at radius 2 is 1.52 bits per heavy atom. The molecule has 0 aromatic heterocycles. The average molecular weight is 397 g/mol. The van der Waals surface area contributed by atoms with E-state index in [4.69, 9.17) is 0 Å². The summed E-state index contributed by atoms with van der Waals surface area (Å²) in [5.41, 5.74) is 0.741. The van der Waals surface area contributed by atoms with Crippen LogP contribution in [0.2, 0.25) is 0 Å². The number of aromatic hydroxyl groups is 1. The Morgan fingerprint density at radius 1 is 0.913 bits per heavy atom. The lowest BCUT2D eigenvalue weighted by Gasteiger charge is -2.35. The fourth-order valence-corrected chi connectivity index (χ4v) is 5.08. The number of hydrogen-bond donors (Lipinski definition) is 1. The first-order valence-electron chi connectivity index (χ1n) is 7.28. The maximum absolute atomic E-state index is 12.7. The van der Waals surface area contributed by atoms with Gasteiger partial charge >= 0.3 is 0 Å². The summed E-state index contributed by atoms with van der Waals surface area (Å²) in [6, 6.07) is 14.0. The van der Waals surface area contributed by atoms with E-state index in [1.807, 2.05) is 17.0 Å². The highest BCUT2D eigenvalue weighted by Crippen LogP contribution is 2.29. The zero-order valence-electron chi connectivity index (χ0n) is 12.4. The molecule has 1 saturated heterocycles. The largest absolute Gasteiger partial charge is 0.506 e. The highest BCUT2D eigenvalue weighted by atomic mass is 79.9. The molecule has 1 fully saturated rings. The molecule has 0 atom stereocenters. The van der Waals surface area contributed by atoms with Crippen LogP contribution < -0.4 is 4.90 Å². The highest BCUT2D eigenvalue weighted by Gasteiger charge is 2.30. The lowest BCUT2D eigenvalue weighted by atomic mass is 10.2. The summed E-state index contributed by atoms with van der Waals surface area (Å²) in [5, 5.41) is 9.92. The van der Waals surface area contributed by atoms with Crippen LogP contribution in [0.3, 0.4) is 0 Å². The minimum atomic E-state index is -3.51. The lowest BCUT2D eigenvalue weighted by Crippen LogP contribution is -2.48. The van der Waals surface area contributed by atoms with Crippen molar-refractivity contribution >= 4 is 31.6 Å². The topological polar surface area (TPSA) is 60.9 Å². The third-order valence-electron chi connectivity index (χ3n) is 3.92. The van der Waals surface area contributed by atoms with Gasteiger partial charge in [-0.25, -0.2) is 8.42 Å². The van der Waals surface area contributed by atoms with Crippen LogP contribution in [0, 0.1) is 0 Å². The number of sulfonamides is 1. The second-order valence-electron chi connectivity index (χ2n) is 5.31. The molecule has 1 N–H and O–H groups in total. The minimum Gasteiger partial charge on any atom is -0.506 e. The van der Waals surface area contributed by atoms with Crippen molar-refractivity contribution in [3.8, 4) is 5.75 Å². The van der Waals surface area contributed by atoms with E-state index in [2.05, 4.69) is 15.9 Å². The molecule has 0 bridgehead atoms. The van der Waals surface area contributed by atoms with Gasteiger partial charge in [-0.05, 0) is 40.2 Å². The number of nitrogens with zero attached hydrogens (tertiary/aromatic N) is 2. The van der Waals surface area contributed by atoms with Crippen LogP contribution in [0.25, 0.3) is 0 Å². The van der Waals surface area contributed by atoms with E-state index in [-0.39, 0.29) is 10.6 Å². The van der Waals surface area contributed by atoms with Crippen molar-refractivity contribution in [2.24, 2.45) is 0 Å². The van der Waals surface area contributed by atoms with E-state index in [1.54, 1.807) is 36.4 Å². The number of benzene rings is 2. The van der Waals surface area contributed by atoms with Crippen molar-refractivity contribution in [3.63, 3.8) is 0 Å². The van der Waals surface area contributed by atoms with E-state index >= 15 is 0 Å². The van der Waals surface area contributed by atoms with Gasteiger partial charge in [0.25, 0.3) is 0 Å². The molecule has 0 spiro atoms. The molecule has 0 amide bonds. The molecule has 23 heavy (non-hydrogen) atoms. The number of phenols is 1. The van der Waals surface area contributed by atoms with Crippen LogP contribution in [0.15, 0.2) is 57.9 Å². The molecule has 1 aliphatic heterocycles. The zero-order valence-corrected chi connectivity index (χ0v) is 14.8. The zero-order chi connectivity index (χ0) is 16.4. The molecule has 0 unspecified atom stereocenters. The first kappa shape index (κ1) is 16.3. The maximum Gasteiger partial charge on any atom is 0.244 e. The fraction of sp³-hybridized carbons (Fsp3) is 0.250. The van der Waals surface area contributed by atoms with Gasteiger partial charge in [-0.3, -0.25) is 0 Å². The van der Waals surface area contributed by atoms with Gasteiger partial charge in [-0.1, -0.05) is 24.3 Å². The first-order valence-corrected chi connectivity index (χ1v) is 9.51. The third kappa shape index (κ3) is 3.22. The Balaban J connectivity index is 1.77. The fourth-order valence-electron chi connectivity index (χ4n) is 2.69. The number of rotatable bonds is 3. The van der Waals surface area contributed by atoms with E-state index < -0.39 is 10.0 Å². The van der Waals surface area contributed by atoms with Crippen LogP contribution in [0.1, 0.15) is 0 Å². The van der Waals surface area contributed by atoms with Crippen LogP contribution in [-0.4, -0.2) is 44.0 Å². The molecule has 5 nitrogen and oxygen atoms in total. The van der Waals surface area contributed by atoms with Crippen molar-refractivity contribution < 1.29 is 13.5 Å². The summed E-state index contributed by atoms with van der Waals surface area (Å²) in [7, 11) is -3.51. The molecule has 122 valence electrons. The van der Waals surface area contributed by atoms with Crippen LogP contribution in [0.5, 0.6) is 5.75 Å². The Kier molecular flexibility index (Phi) is 4.61. The molecule has 1 heterocycles. The SMILES string of the molecule is O=S(=O)(c1ccccc1Br)N1CCN(c2ccccc2O)CC1. The van der Waals surface area contributed by atoms with Gasteiger partial charge in [0.15, 0.2) is 0 Å². The van der Waals surface area contributed by atoms with Gasteiger partial charge in [0, 0.05) is 30.7 Å². The number of phenolic OH excluding ortho intramolecular Hbond substituents is 1.